The van der Waals surface area contributed by atoms with Crippen molar-refractivity contribution >= 4 is 23.4 Å². The van der Waals surface area contributed by atoms with Crippen LogP contribution in [0.4, 0.5) is 0 Å². The number of likely N-dealkylation sites (tertiary alicyclic amines) is 1. The van der Waals surface area contributed by atoms with Gasteiger partial charge in [0, 0.05) is 43.6 Å². The summed E-state index contributed by atoms with van der Waals surface area (Å²) >= 11 is 0. The van der Waals surface area contributed by atoms with Gasteiger partial charge in [0.2, 0.25) is 0 Å². The van der Waals surface area contributed by atoms with E-state index in [2.05, 4.69) is 14.9 Å². The number of aliphatic hydroxyl groups excluding tert-OH is 1. The van der Waals surface area contributed by atoms with Crippen LogP contribution in [-0.4, -0.2) is 89.0 Å². The number of morpholine rings is 1. The molecule has 10 heteroatoms. The molecule has 0 saturated carbocycles. The number of aliphatic hydroxyl groups is 1. The Labute approximate surface area is 203 Å². The maximum absolute atomic E-state index is 13.2. The number of rotatable bonds is 7. The lowest BCUT2D eigenvalue weighted by molar-refractivity contribution is -0.140. The summed E-state index contributed by atoms with van der Waals surface area (Å²) in [5.74, 6) is -2.38. The number of nitrogens with zero attached hydrogens (tertiary/aromatic N) is 3. The molecule has 2 fully saturated rings. The Kier molecular flexibility index (Phi) is 7.32. The van der Waals surface area contributed by atoms with Crippen LogP contribution in [0.1, 0.15) is 45.5 Å². The van der Waals surface area contributed by atoms with Crippen molar-refractivity contribution < 1.29 is 29.0 Å². The van der Waals surface area contributed by atoms with Crippen molar-refractivity contribution in [1.29, 1.82) is 0 Å². The van der Waals surface area contributed by atoms with Crippen LogP contribution in [0.25, 0.3) is 5.76 Å². The number of pyridine rings is 1. The topological polar surface area (TPSA) is 125 Å². The van der Waals surface area contributed by atoms with Gasteiger partial charge in [-0.2, -0.15) is 0 Å². The van der Waals surface area contributed by atoms with Crippen LogP contribution in [0, 0.1) is 13.8 Å². The lowest BCUT2D eigenvalue weighted by Gasteiger charge is -2.28. The van der Waals surface area contributed by atoms with Gasteiger partial charge in [-0.25, -0.2) is 4.79 Å². The molecule has 186 valence electrons. The summed E-state index contributed by atoms with van der Waals surface area (Å²) in [4.78, 5) is 49.6. The Balaban J connectivity index is 1.72. The third-order valence-electron chi connectivity index (χ3n) is 6.55. The fourth-order valence-electron chi connectivity index (χ4n) is 4.79. The molecular weight excluding hydrogens is 452 g/mol. The summed E-state index contributed by atoms with van der Waals surface area (Å²) < 4.78 is 10.2. The first kappa shape index (κ1) is 24.6. The number of hydrogen-bond acceptors (Lipinski definition) is 8. The number of amides is 1. The molecule has 2 aromatic rings. The first-order chi connectivity index (χ1) is 16.8. The fraction of sp³-hybridized carbons (Fsp3) is 0.440. The molecule has 2 saturated heterocycles. The molecule has 4 heterocycles. The molecule has 2 aliphatic heterocycles. The third-order valence-corrected chi connectivity index (χ3v) is 6.55. The number of carbonyl (C=O) groups excluding carboxylic acids is 3. The second-order valence-corrected chi connectivity index (χ2v) is 8.67. The van der Waals surface area contributed by atoms with E-state index < -0.39 is 23.7 Å². The first-order valence-corrected chi connectivity index (χ1v) is 11.6. The van der Waals surface area contributed by atoms with Gasteiger partial charge >= 0.3 is 5.97 Å². The monoisotopic (exact) mass is 482 g/mol. The number of aromatic amines is 1. The molecule has 35 heavy (non-hydrogen) atoms. The Bertz CT molecular complexity index is 1150. The van der Waals surface area contributed by atoms with Crippen LogP contribution in [0.3, 0.4) is 0 Å². The van der Waals surface area contributed by atoms with Gasteiger partial charge in [-0.15, -0.1) is 0 Å². The Morgan fingerprint density at radius 1 is 1.23 bits per heavy atom. The highest BCUT2D eigenvalue weighted by Crippen LogP contribution is 2.40. The Morgan fingerprint density at radius 2 is 1.97 bits per heavy atom. The summed E-state index contributed by atoms with van der Waals surface area (Å²) in [6, 6.07) is 4.42. The normalized spacial score (nSPS) is 20.4. The predicted octanol–water partition coefficient (Wildman–Crippen LogP) is 1.96. The molecule has 2 N–H and O–H groups in total. The molecule has 10 nitrogen and oxygen atoms in total. The molecule has 1 atom stereocenters. The number of nitrogens with one attached hydrogen (secondary N) is 1. The summed E-state index contributed by atoms with van der Waals surface area (Å²) in [6.45, 7) is 7.46. The van der Waals surface area contributed by atoms with Crippen molar-refractivity contribution in [1.82, 2.24) is 19.8 Å². The van der Waals surface area contributed by atoms with E-state index >= 15 is 0 Å². The Morgan fingerprint density at radius 3 is 2.63 bits per heavy atom. The van der Waals surface area contributed by atoms with Gasteiger partial charge in [0.1, 0.15) is 17.5 Å². The van der Waals surface area contributed by atoms with Crippen LogP contribution < -0.4 is 0 Å². The van der Waals surface area contributed by atoms with E-state index in [9.17, 15) is 19.5 Å². The van der Waals surface area contributed by atoms with Gasteiger partial charge in [0.25, 0.3) is 11.7 Å². The summed E-state index contributed by atoms with van der Waals surface area (Å²) in [5.41, 5.74) is 1.85. The van der Waals surface area contributed by atoms with Crippen molar-refractivity contribution in [2.24, 2.45) is 0 Å². The zero-order valence-corrected chi connectivity index (χ0v) is 20.2. The van der Waals surface area contributed by atoms with Crippen molar-refractivity contribution in [3.8, 4) is 0 Å². The quantitative estimate of drug-likeness (QED) is 0.266. The molecule has 0 aromatic carbocycles. The maximum Gasteiger partial charge on any atom is 0.354 e. The van der Waals surface area contributed by atoms with Gasteiger partial charge < -0.3 is 24.5 Å². The molecular formula is C25H30N4O6. The second kappa shape index (κ2) is 10.4. The van der Waals surface area contributed by atoms with Crippen LogP contribution in [0.15, 0.2) is 30.0 Å². The van der Waals surface area contributed by atoms with E-state index in [1.165, 1.54) is 12.0 Å². The minimum Gasteiger partial charge on any atom is -0.507 e. The van der Waals surface area contributed by atoms with Crippen LogP contribution >= 0.6 is 0 Å². The standard InChI is InChI=1S/C25H30N4O6/c1-15-18(16(2)27-20(15)25(33)34-3)22(30)19-21(17-7-4-5-8-26-17)29(24(32)23(19)31)10-6-9-28-11-13-35-14-12-28/h4-5,7-8,21,27,30H,6,9-14H2,1-3H3/b22-19-. The second-order valence-electron chi connectivity index (χ2n) is 8.67. The number of hydrogen-bond donors (Lipinski definition) is 2. The minimum absolute atomic E-state index is 0.0401. The van der Waals surface area contributed by atoms with Gasteiger partial charge in [-0.05, 0) is 38.0 Å². The maximum atomic E-state index is 13.2. The molecule has 2 aromatic heterocycles. The SMILES string of the molecule is COC(=O)c1[nH]c(C)c(/C(O)=C2/C(=O)C(=O)N(CCCN3CCOCC3)C2c2ccccn2)c1C. The molecule has 0 bridgehead atoms. The number of aromatic nitrogens is 2. The lowest BCUT2D eigenvalue weighted by Crippen LogP contribution is -2.39. The molecule has 1 unspecified atom stereocenters. The number of ketones is 1. The van der Waals surface area contributed by atoms with Crippen LogP contribution in [-0.2, 0) is 19.1 Å². The number of H-pyrrole nitrogens is 1. The van der Waals surface area contributed by atoms with E-state index in [0.717, 1.165) is 19.6 Å². The average Bonchev–Trinajstić information content (AvgIpc) is 3.31. The molecule has 4 rings (SSSR count). The lowest BCUT2D eigenvalue weighted by atomic mass is 9.96. The number of esters is 1. The van der Waals surface area contributed by atoms with Gasteiger partial charge in [0.15, 0.2) is 0 Å². The number of aryl methyl sites for hydroxylation is 1. The average molecular weight is 483 g/mol. The largest absolute Gasteiger partial charge is 0.507 e. The molecule has 2 aliphatic rings. The highest BCUT2D eigenvalue weighted by atomic mass is 16.5. The van der Waals surface area contributed by atoms with Gasteiger partial charge in [0.05, 0.1) is 31.6 Å². The Hall–Kier alpha value is -3.50. The number of methoxy groups -OCH3 is 1. The molecule has 0 spiro atoms. The van der Waals surface area contributed by atoms with Crippen molar-refractivity contribution in [3.05, 3.63) is 58.2 Å². The number of ether oxygens (including phenoxy) is 2. The van der Waals surface area contributed by atoms with E-state index in [4.69, 9.17) is 9.47 Å². The van der Waals surface area contributed by atoms with Crippen molar-refractivity contribution in [2.75, 3.05) is 46.5 Å². The summed E-state index contributed by atoms with van der Waals surface area (Å²) in [7, 11) is 1.26. The molecule has 0 radical (unpaired) electrons. The van der Waals surface area contributed by atoms with E-state index in [1.807, 2.05) is 0 Å². The number of Topliss-reactive ketones (excluding diaryl/α,β-unsaturated/α-hetero) is 1. The van der Waals surface area contributed by atoms with Gasteiger partial charge in [-0.3, -0.25) is 19.5 Å². The van der Waals surface area contributed by atoms with Crippen molar-refractivity contribution in [3.63, 3.8) is 0 Å². The highest BCUT2D eigenvalue weighted by Gasteiger charge is 2.47. The molecule has 1 amide bonds. The van der Waals surface area contributed by atoms with Crippen LogP contribution in [0.2, 0.25) is 0 Å². The van der Waals surface area contributed by atoms with E-state index in [-0.39, 0.29) is 17.0 Å². The third kappa shape index (κ3) is 4.71. The zero-order valence-electron chi connectivity index (χ0n) is 20.2. The zero-order chi connectivity index (χ0) is 25.1. The summed E-state index contributed by atoms with van der Waals surface area (Å²) in [5, 5.41) is 11.4. The molecule has 0 aliphatic carbocycles. The first-order valence-electron chi connectivity index (χ1n) is 11.6. The van der Waals surface area contributed by atoms with Crippen LogP contribution in [0.5, 0.6) is 0 Å². The number of carbonyl (C=O) groups is 3. The predicted molar refractivity (Wildman–Crippen MR) is 127 cm³/mol. The highest BCUT2D eigenvalue weighted by molar-refractivity contribution is 6.46. The summed E-state index contributed by atoms with van der Waals surface area (Å²) in [6.07, 6.45) is 2.25. The fourth-order valence-corrected chi connectivity index (χ4v) is 4.79. The van der Waals surface area contributed by atoms with E-state index in [1.54, 1.807) is 38.2 Å². The smallest absolute Gasteiger partial charge is 0.354 e. The minimum atomic E-state index is -0.837. The van der Waals surface area contributed by atoms with Gasteiger partial charge in [-0.1, -0.05) is 6.07 Å². The van der Waals surface area contributed by atoms with Crippen molar-refractivity contribution in [2.45, 2.75) is 26.3 Å². The van der Waals surface area contributed by atoms with E-state index in [0.29, 0.717) is 48.7 Å².